The van der Waals surface area contributed by atoms with Crippen LogP contribution < -0.4 is 4.74 Å². The van der Waals surface area contributed by atoms with Crippen LogP contribution in [-0.4, -0.2) is 60.8 Å². The summed E-state index contributed by atoms with van der Waals surface area (Å²) >= 11 is 6.07. The Bertz CT molecular complexity index is 765. The second-order valence-electron chi connectivity index (χ2n) is 8.23. The van der Waals surface area contributed by atoms with Gasteiger partial charge in [0, 0.05) is 50.5 Å². The Kier molecular flexibility index (Phi) is 7.55. The van der Waals surface area contributed by atoms with Crippen molar-refractivity contribution < 1.29 is 23.1 Å². The summed E-state index contributed by atoms with van der Waals surface area (Å²) in [7, 11) is 1.73. The number of carbonyl (C=O) groups is 2. The zero-order chi connectivity index (χ0) is 21.7. The highest BCUT2D eigenvalue weighted by molar-refractivity contribution is 6.31. The average Bonchev–Trinajstić information content (AvgIpc) is 2.72. The van der Waals surface area contributed by atoms with Gasteiger partial charge in [0.2, 0.25) is 11.8 Å². The molecule has 0 unspecified atom stereocenters. The second-order valence-corrected chi connectivity index (χ2v) is 8.67. The first kappa shape index (κ1) is 22.8. The number of alkyl halides is 2. The van der Waals surface area contributed by atoms with Gasteiger partial charge in [-0.25, -0.2) is 8.78 Å². The summed E-state index contributed by atoms with van der Waals surface area (Å²) in [5, 5.41) is 0.471. The van der Waals surface area contributed by atoms with Crippen molar-refractivity contribution in [1.29, 1.82) is 0 Å². The minimum atomic E-state index is -2.64. The van der Waals surface area contributed by atoms with Crippen LogP contribution >= 0.6 is 11.6 Å². The molecular weight excluding hydrogens is 414 g/mol. The van der Waals surface area contributed by atoms with Crippen LogP contribution in [0.4, 0.5) is 8.78 Å². The maximum Gasteiger partial charge on any atom is 0.257 e. The smallest absolute Gasteiger partial charge is 0.257 e. The van der Waals surface area contributed by atoms with E-state index in [2.05, 4.69) is 0 Å². The molecule has 3 rings (SSSR count). The molecule has 0 radical (unpaired) electrons. The summed E-state index contributed by atoms with van der Waals surface area (Å²) in [6.45, 7) is 1.96. The SMILES string of the molecule is CN1CCCCN(C(=O)C2CCC(F)(F)CC2)CCCOc2ccc(Cl)cc2C1=O. The van der Waals surface area contributed by atoms with Gasteiger partial charge in [0.15, 0.2) is 0 Å². The third kappa shape index (κ3) is 5.84. The third-order valence-electron chi connectivity index (χ3n) is 5.90. The Labute approximate surface area is 181 Å². The Balaban J connectivity index is 1.67. The average molecular weight is 443 g/mol. The summed E-state index contributed by atoms with van der Waals surface area (Å²) in [4.78, 5) is 29.2. The second kappa shape index (κ2) is 9.94. The van der Waals surface area contributed by atoms with Gasteiger partial charge in [-0.15, -0.1) is 0 Å². The highest BCUT2D eigenvalue weighted by atomic mass is 35.5. The summed E-state index contributed by atoms with van der Waals surface area (Å²) in [6, 6.07) is 4.98. The van der Waals surface area contributed by atoms with Crippen molar-refractivity contribution >= 4 is 23.4 Å². The van der Waals surface area contributed by atoms with E-state index < -0.39 is 5.92 Å². The normalized spacial score (nSPS) is 21.7. The lowest BCUT2D eigenvalue weighted by Crippen LogP contribution is -2.41. The van der Waals surface area contributed by atoms with Crippen LogP contribution in [0, 0.1) is 5.92 Å². The van der Waals surface area contributed by atoms with Crippen molar-refractivity contribution in [3.05, 3.63) is 28.8 Å². The molecule has 2 amide bonds. The van der Waals surface area contributed by atoms with Crippen molar-refractivity contribution in [1.82, 2.24) is 9.80 Å². The van der Waals surface area contributed by atoms with E-state index in [1.807, 2.05) is 0 Å². The van der Waals surface area contributed by atoms with Gasteiger partial charge in [-0.2, -0.15) is 0 Å². The number of ether oxygens (including phenoxy) is 1. The zero-order valence-corrected chi connectivity index (χ0v) is 18.1. The molecule has 0 N–H and O–H groups in total. The van der Waals surface area contributed by atoms with Crippen LogP contribution in [0.25, 0.3) is 0 Å². The molecule has 0 atom stereocenters. The molecule has 8 heteroatoms. The maximum atomic E-state index is 13.5. The predicted octanol–water partition coefficient (Wildman–Crippen LogP) is 4.63. The standard InChI is InChI=1S/C22H29ClF2N2O3/c1-26-11-2-3-12-27(20(28)16-7-9-22(24,25)10-8-16)13-4-14-30-19-6-5-17(23)15-18(19)21(26)29/h5-6,15-16H,2-4,7-14H2,1H3. The van der Waals surface area contributed by atoms with Crippen LogP contribution in [0.15, 0.2) is 18.2 Å². The van der Waals surface area contributed by atoms with E-state index in [4.69, 9.17) is 16.3 Å². The van der Waals surface area contributed by atoms with E-state index >= 15 is 0 Å². The van der Waals surface area contributed by atoms with E-state index in [9.17, 15) is 18.4 Å². The number of amides is 2. The largest absolute Gasteiger partial charge is 0.493 e. The van der Waals surface area contributed by atoms with Crippen LogP contribution in [0.5, 0.6) is 5.75 Å². The van der Waals surface area contributed by atoms with E-state index in [-0.39, 0.29) is 43.4 Å². The Morgan fingerprint density at radius 2 is 1.80 bits per heavy atom. The number of fused-ring (bicyclic) bond motifs is 1. The Morgan fingerprint density at radius 3 is 2.53 bits per heavy atom. The quantitative estimate of drug-likeness (QED) is 0.637. The molecule has 1 aromatic carbocycles. The van der Waals surface area contributed by atoms with Gasteiger partial charge in [0.05, 0.1) is 12.2 Å². The fraction of sp³-hybridized carbons (Fsp3) is 0.636. The Hall–Kier alpha value is -1.89. The number of rotatable bonds is 1. The number of hydrogen-bond acceptors (Lipinski definition) is 3. The lowest BCUT2D eigenvalue weighted by Gasteiger charge is -2.32. The van der Waals surface area contributed by atoms with Gasteiger partial charge in [-0.05, 0) is 50.3 Å². The molecule has 0 saturated heterocycles. The van der Waals surface area contributed by atoms with Crippen LogP contribution in [0.3, 0.4) is 0 Å². The van der Waals surface area contributed by atoms with Crippen molar-refractivity contribution in [3.8, 4) is 5.75 Å². The molecule has 1 aliphatic carbocycles. The molecule has 1 fully saturated rings. The van der Waals surface area contributed by atoms with Gasteiger partial charge in [0.1, 0.15) is 5.75 Å². The first-order valence-corrected chi connectivity index (χ1v) is 11.0. The van der Waals surface area contributed by atoms with Gasteiger partial charge in [0.25, 0.3) is 5.91 Å². The first-order valence-electron chi connectivity index (χ1n) is 10.6. The van der Waals surface area contributed by atoms with E-state index in [1.54, 1.807) is 35.0 Å². The fourth-order valence-electron chi connectivity index (χ4n) is 4.07. The summed E-state index contributed by atoms with van der Waals surface area (Å²) < 4.78 is 32.7. The van der Waals surface area contributed by atoms with Crippen LogP contribution in [0.1, 0.15) is 55.3 Å². The van der Waals surface area contributed by atoms with Crippen LogP contribution in [-0.2, 0) is 4.79 Å². The molecule has 1 saturated carbocycles. The molecule has 0 aromatic heterocycles. The highest BCUT2D eigenvalue weighted by Crippen LogP contribution is 2.37. The fourth-order valence-corrected chi connectivity index (χ4v) is 4.24. The molecule has 30 heavy (non-hydrogen) atoms. The van der Waals surface area contributed by atoms with E-state index in [0.717, 1.165) is 12.8 Å². The monoisotopic (exact) mass is 442 g/mol. The van der Waals surface area contributed by atoms with Gasteiger partial charge in [-0.3, -0.25) is 9.59 Å². The molecule has 1 heterocycles. The van der Waals surface area contributed by atoms with E-state index in [0.29, 0.717) is 49.0 Å². The van der Waals surface area contributed by atoms with Gasteiger partial charge >= 0.3 is 0 Å². The third-order valence-corrected chi connectivity index (χ3v) is 6.13. The number of nitrogens with zero attached hydrogens (tertiary/aromatic N) is 2. The van der Waals surface area contributed by atoms with E-state index in [1.165, 1.54) is 0 Å². The number of hydrogen-bond donors (Lipinski definition) is 0. The molecular formula is C22H29ClF2N2O3. The molecule has 1 aromatic rings. The summed E-state index contributed by atoms with van der Waals surface area (Å²) in [6.07, 6.45) is 2.13. The minimum absolute atomic E-state index is 0.0306. The maximum absolute atomic E-state index is 13.5. The first-order chi connectivity index (χ1) is 14.3. The Morgan fingerprint density at radius 1 is 1.13 bits per heavy atom. The predicted molar refractivity (Wildman–Crippen MR) is 111 cm³/mol. The molecule has 1 aliphatic heterocycles. The molecule has 2 aliphatic rings. The number of carbonyl (C=O) groups excluding carboxylic acids is 2. The lowest BCUT2D eigenvalue weighted by molar-refractivity contribution is -0.139. The van der Waals surface area contributed by atoms with Crippen molar-refractivity contribution in [3.63, 3.8) is 0 Å². The van der Waals surface area contributed by atoms with Crippen molar-refractivity contribution in [2.45, 2.75) is 50.9 Å². The van der Waals surface area contributed by atoms with Gasteiger partial charge in [-0.1, -0.05) is 11.6 Å². The van der Waals surface area contributed by atoms with Crippen LogP contribution in [0.2, 0.25) is 5.02 Å². The summed E-state index contributed by atoms with van der Waals surface area (Å²) in [5.74, 6) is -2.67. The molecule has 0 spiro atoms. The molecule has 0 bridgehead atoms. The minimum Gasteiger partial charge on any atom is -0.493 e. The number of benzene rings is 1. The highest BCUT2D eigenvalue weighted by Gasteiger charge is 2.38. The molecule has 166 valence electrons. The number of halogens is 3. The topological polar surface area (TPSA) is 49.9 Å². The zero-order valence-electron chi connectivity index (χ0n) is 17.3. The lowest BCUT2D eigenvalue weighted by atomic mass is 9.86. The summed E-state index contributed by atoms with van der Waals surface area (Å²) in [5.41, 5.74) is 0.431. The van der Waals surface area contributed by atoms with Gasteiger partial charge < -0.3 is 14.5 Å². The van der Waals surface area contributed by atoms with Crippen molar-refractivity contribution in [2.75, 3.05) is 33.3 Å². The van der Waals surface area contributed by atoms with Crippen molar-refractivity contribution in [2.24, 2.45) is 5.92 Å². The molecule has 5 nitrogen and oxygen atoms in total.